The minimum atomic E-state index is -0.407. The van der Waals surface area contributed by atoms with Gasteiger partial charge in [-0.2, -0.15) is 5.10 Å². The number of aryl methyl sites for hydroxylation is 1. The van der Waals surface area contributed by atoms with Gasteiger partial charge in [-0.05, 0) is 41.6 Å². The van der Waals surface area contributed by atoms with Crippen molar-refractivity contribution in [3.63, 3.8) is 0 Å². The molecule has 0 N–H and O–H groups in total. The van der Waals surface area contributed by atoms with E-state index in [0.717, 1.165) is 20.5 Å². The molecule has 6 nitrogen and oxygen atoms in total. The highest BCUT2D eigenvalue weighted by atomic mass is 127. The van der Waals surface area contributed by atoms with Crippen LogP contribution in [-0.4, -0.2) is 19.7 Å². The average molecular weight is 380 g/mol. The first-order valence-corrected chi connectivity index (χ1v) is 6.89. The smallest absolute Gasteiger partial charge is 0.258 e. The minimum Gasteiger partial charge on any atom is -0.258 e. The second kappa shape index (κ2) is 4.82. The summed E-state index contributed by atoms with van der Waals surface area (Å²) in [4.78, 5) is 14.9. The molecule has 0 atom stereocenters. The lowest BCUT2D eigenvalue weighted by molar-refractivity contribution is -0.384. The number of halogens is 1. The first-order chi connectivity index (χ1) is 9.54. The summed E-state index contributed by atoms with van der Waals surface area (Å²) in [6, 6.07) is 6.53. The molecule has 7 heteroatoms. The summed E-state index contributed by atoms with van der Waals surface area (Å²) in [6.07, 6.45) is 3.60. The molecule has 0 bridgehead atoms. The van der Waals surface area contributed by atoms with Crippen molar-refractivity contribution in [1.82, 2.24) is 14.8 Å². The Labute approximate surface area is 127 Å². The number of hydrogen-bond acceptors (Lipinski definition) is 4. The predicted octanol–water partition coefficient (Wildman–Crippen LogP) is 3.24. The van der Waals surface area contributed by atoms with Crippen molar-refractivity contribution in [2.45, 2.75) is 6.92 Å². The quantitative estimate of drug-likeness (QED) is 0.389. The van der Waals surface area contributed by atoms with Gasteiger partial charge in [0.15, 0.2) is 0 Å². The van der Waals surface area contributed by atoms with Gasteiger partial charge in [0.1, 0.15) is 0 Å². The third-order valence-corrected chi connectivity index (χ3v) is 3.46. The number of rotatable bonds is 2. The highest BCUT2D eigenvalue weighted by Crippen LogP contribution is 2.26. The summed E-state index contributed by atoms with van der Waals surface area (Å²) >= 11 is 2.17. The monoisotopic (exact) mass is 380 g/mol. The van der Waals surface area contributed by atoms with E-state index in [1.807, 2.05) is 19.2 Å². The lowest BCUT2D eigenvalue weighted by Crippen LogP contribution is -1.99. The van der Waals surface area contributed by atoms with E-state index in [1.165, 1.54) is 12.1 Å². The van der Waals surface area contributed by atoms with Crippen LogP contribution in [0.25, 0.3) is 16.6 Å². The maximum absolute atomic E-state index is 10.9. The number of fused-ring (bicyclic) bond motifs is 1. The fourth-order valence-corrected chi connectivity index (χ4v) is 2.45. The average Bonchev–Trinajstić information content (AvgIpc) is 2.83. The van der Waals surface area contributed by atoms with Gasteiger partial charge in [0.05, 0.1) is 25.9 Å². The van der Waals surface area contributed by atoms with Gasteiger partial charge in [0.2, 0.25) is 0 Å². The van der Waals surface area contributed by atoms with Gasteiger partial charge in [0, 0.05) is 29.4 Å². The molecule has 0 aliphatic rings. The van der Waals surface area contributed by atoms with E-state index in [2.05, 4.69) is 32.7 Å². The molecule has 1 aromatic carbocycles. The Balaban J connectivity index is 2.33. The van der Waals surface area contributed by atoms with Crippen molar-refractivity contribution in [3.05, 3.63) is 56.0 Å². The number of non-ortho nitro benzene ring substituents is 1. The van der Waals surface area contributed by atoms with Crippen LogP contribution in [0.15, 0.2) is 36.7 Å². The van der Waals surface area contributed by atoms with Gasteiger partial charge in [-0.1, -0.05) is 0 Å². The summed E-state index contributed by atoms with van der Waals surface area (Å²) in [5.41, 5.74) is 2.40. The van der Waals surface area contributed by atoms with Crippen LogP contribution in [0.3, 0.4) is 0 Å². The zero-order valence-corrected chi connectivity index (χ0v) is 12.6. The van der Waals surface area contributed by atoms with E-state index in [9.17, 15) is 10.1 Å². The maximum Gasteiger partial charge on any atom is 0.270 e. The molecule has 0 saturated carbocycles. The second-order valence-electron chi connectivity index (χ2n) is 4.34. The first-order valence-electron chi connectivity index (χ1n) is 5.81. The Hall–Kier alpha value is -2.03. The molecule has 0 spiro atoms. The van der Waals surface area contributed by atoms with Gasteiger partial charge in [-0.15, -0.1) is 0 Å². The molecule has 3 aromatic rings. The van der Waals surface area contributed by atoms with E-state index < -0.39 is 4.92 Å². The van der Waals surface area contributed by atoms with Gasteiger partial charge >= 0.3 is 0 Å². The van der Waals surface area contributed by atoms with Crippen molar-refractivity contribution in [3.8, 4) is 5.69 Å². The highest BCUT2D eigenvalue weighted by Gasteiger charge is 2.12. The number of aromatic nitrogens is 3. The maximum atomic E-state index is 10.9. The molecule has 0 radical (unpaired) electrons. The highest BCUT2D eigenvalue weighted by molar-refractivity contribution is 14.1. The van der Waals surface area contributed by atoms with Gasteiger partial charge in [-0.3, -0.25) is 15.1 Å². The molecule has 0 saturated heterocycles. The van der Waals surface area contributed by atoms with Gasteiger partial charge < -0.3 is 0 Å². The lowest BCUT2D eigenvalue weighted by Gasteiger charge is -2.07. The fraction of sp³-hybridized carbons (Fsp3) is 0.0769. The van der Waals surface area contributed by atoms with E-state index in [0.29, 0.717) is 5.39 Å². The van der Waals surface area contributed by atoms with Crippen LogP contribution in [0.1, 0.15) is 5.69 Å². The van der Waals surface area contributed by atoms with E-state index in [4.69, 9.17) is 0 Å². The number of hydrogen-bond donors (Lipinski definition) is 0. The van der Waals surface area contributed by atoms with Crippen LogP contribution in [0, 0.1) is 20.6 Å². The van der Waals surface area contributed by atoms with Crippen molar-refractivity contribution in [2.75, 3.05) is 0 Å². The van der Waals surface area contributed by atoms with E-state index >= 15 is 0 Å². The van der Waals surface area contributed by atoms with E-state index in [-0.39, 0.29) is 5.69 Å². The normalized spacial score (nSPS) is 10.9. The third kappa shape index (κ3) is 2.24. The molecule has 0 aliphatic carbocycles. The largest absolute Gasteiger partial charge is 0.270 e. The standard InChI is InChI=1S/C13H9IN4O2/c1-8-4-13(17-7-9(14)6-15-17)11-5-10(18(19)20)2-3-12(11)16-8/h2-7H,1H3. The predicted molar refractivity (Wildman–Crippen MR) is 83.0 cm³/mol. The number of nitro benzene ring substituents is 1. The van der Waals surface area contributed by atoms with Crippen molar-refractivity contribution in [1.29, 1.82) is 0 Å². The molecule has 100 valence electrons. The van der Waals surface area contributed by atoms with Gasteiger partial charge in [0.25, 0.3) is 5.69 Å². The molecular formula is C13H9IN4O2. The van der Waals surface area contributed by atoms with Crippen molar-refractivity contribution in [2.24, 2.45) is 0 Å². The first kappa shape index (κ1) is 13.0. The van der Waals surface area contributed by atoms with Gasteiger partial charge in [-0.25, -0.2) is 4.68 Å². The Morgan fingerprint density at radius 2 is 2.15 bits per heavy atom. The summed E-state index contributed by atoms with van der Waals surface area (Å²) in [5.74, 6) is 0. The molecule has 0 unspecified atom stereocenters. The van der Waals surface area contributed by atoms with Crippen LogP contribution in [0.2, 0.25) is 0 Å². The zero-order chi connectivity index (χ0) is 14.3. The van der Waals surface area contributed by atoms with Crippen molar-refractivity contribution < 1.29 is 4.92 Å². The lowest BCUT2D eigenvalue weighted by atomic mass is 10.1. The molecule has 0 fully saturated rings. The molecule has 20 heavy (non-hydrogen) atoms. The summed E-state index contributed by atoms with van der Waals surface area (Å²) in [6.45, 7) is 1.89. The third-order valence-electron chi connectivity index (χ3n) is 2.91. The molecule has 2 aromatic heterocycles. The molecule has 0 amide bonds. The molecule has 2 heterocycles. The van der Waals surface area contributed by atoms with Crippen molar-refractivity contribution >= 4 is 39.2 Å². The van der Waals surface area contributed by atoms with Crippen LogP contribution in [-0.2, 0) is 0 Å². The minimum absolute atomic E-state index is 0.0475. The topological polar surface area (TPSA) is 73.8 Å². The summed E-state index contributed by atoms with van der Waals surface area (Å²) in [5, 5.41) is 15.9. The number of pyridine rings is 1. The Morgan fingerprint density at radius 1 is 1.35 bits per heavy atom. The molecule has 0 aliphatic heterocycles. The van der Waals surface area contributed by atoms with Crippen LogP contribution < -0.4 is 0 Å². The Morgan fingerprint density at radius 3 is 2.80 bits per heavy atom. The molecular weight excluding hydrogens is 371 g/mol. The molecule has 3 rings (SSSR count). The second-order valence-corrected chi connectivity index (χ2v) is 5.59. The number of nitrogens with zero attached hydrogens (tertiary/aromatic N) is 4. The number of benzene rings is 1. The SMILES string of the molecule is Cc1cc(-n2cc(I)cn2)c2cc([N+](=O)[O-])ccc2n1. The summed E-state index contributed by atoms with van der Waals surface area (Å²) in [7, 11) is 0. The van der Waals surface area contributed by atoms with Crippen LogP contribution in [0.5, 0.6) is 0 Å². The van der Waals surface area contributed by atoms with E-state index in [1.54, 1.807) is 16.9 Å². The zero-order valence-electron chi connectivity index (χ0n) is 10.4. The van der Waals surface area contributed by atoms with Crippen LogP contribution >= 0.6 is 22.6 Å². The summed E-state index contributed by atoms with van der Waals surface area (Å²) < 4.78 is 2.71. The fourth-order valence-electron chi connectivity index (χ4n) is 2.06. The Kier molecular flexibility index (Phi) is 3.13. The van der Waals surface area contributed by atoms with Crippen LogP contribution in [0.4, 0.5) is 5.69 Å². The Bertz CT molecular complexity index is 828. The number of nitro groups is 1.